The van der Waals surface area contributed by atoms with E-state index in [4.69, 9.17) is 0 Å². The predicted octanol–water partition coefficient (Wildman–Crippen LogP) is 4.25. The second kappa shape index (κ2) is 22.8. The highest BCUT2D eigenvalue weighted by molar-refractivity contribution is 5.83. The van der Waals surface area contributed by atoms with Crippen LogP contribution in [-0.4, -0.2) is 160 Å². The van der Waals surface area contributed by atoms with Crippen LogP contribution in [0.4, 0.5) is 0 Å². The third kappa shape index (κ3) is 11.8. The number of likely N-dealkylation sites (tertiary alicyclic amines) is 5. The molecule has 5 heterocycles. The number of carbonyl (C=O) groups excluding carboxylic acids is 1. The second-order valence-electron chi connectivity index (χ2n) is 18.8. The van der Waals surface area contributed by atoms with Crippen LogP contribution in [0, 0.1) is 17.8 Å². The van der Waals surface area contributed by atoms with Gasteiger partial charge in [0.1, 0.15) is 0 Å². The van der Waals surface area contributed by atoms with Crippen LogP contribution in [-0.2, 0) is 4.79 Å². The largest absolute Gasteiger partial charge is 1.00 e. The zero-order valence-electron chi connectivity index (χ0n) is 35.2. The minimum Gasteiger partial charge on any atom is -1.00 e. The summed E-state index contributed by atoms with van der Waals surface area (Å²) in [7, 11) is 11.7. The van der Waals surface area contributed by atoms with Gasteiger partial charge in [0, 0.05) is 90.1 Å². The van der Waals surface area contributed by atoms with Gasteiger partial charge in [-0.1, -0.05) is 58.3 Å². The van der Waals surface area contributed by atoms with Gasteiger partial charge in [0.05, 0.1) is 18.1 Å². The highest BCUT2D eigenvalue weighted by Crippen LogP contribution is 2.49. The number of ketones is 1. The van der Waals surface area contributed by atoms with Crippen LogP contribution in [0.3, 0.4) is 0 Å². The molecule has 304 valence electrons. The van der Waals surface area contributed by atoms with E-state index < -0.39 is 0 Å². The van der Waals surface area contributed by atoms with Crippen LogP contribution in [0.2, 0.25) is 0 Å². The third-order valence-electron chi connectivity index (χ3n) is 15.3. The molecule has 0 N–H and O–H groups in total. The van der Waals surface area contributed by atoms with Gasteiger partial charge in [-0.05, 0) is 105 Å². The van der Waals surface area contributed by atoms with Gasteiger partial charge in [-0.25, -0.2) is 0 Å². The minimum atomic E-state index is 0. The smallest absolute Gasteiger partial charge is 0.190 e. The van der Waals surface area contributed by atoms with E-state index in [9.17, 15) is 0 Å². The summed E-state index contributed by atoms with van der Waals surface area (Å²) in [5.41, 5.74) is 0. The van der Waals surface area contributed by atoms with Gasteiger partial charge in [-0.2, -0.15) is 0 Å². The number of hydrogen-bond acceptors (Lipinski definition) is 6. The van der Waals surface area contributed by atoms with Crippen molar-refractivity contribution in [2.75, 3.05) is 101 Å². The Morgan fingerprint density at radius 1 is 0.481 bits per heavy atom. The summed E-state index contributed by atoms with van der Waals surface area (Å²) in [6.45, 7) is 14.4. The molecular weight excluding hydrogens is 755 g/mol. The average molecular weight is 841 g/mol. The number of carbonyl (C=O) groups is 1. The first kappa shape index (κ1) is 44.9. The van der Waals surface area contributed by atoms with Gasteiger partial charge in [0.25, 0.3) is 0 Å². The molecule has 5 aliphatic rings. The van der Waals surface area contributed by atoms with E-state index in [0.29, 0.717) is 35.9 Å². The van der Waals surface area contributed by atoms with Crippen LogP contribution in [0.1, 0.15) is 135 Å². The van der Waals surface area contributed by atoms with Gasteiger partial charge in [0.2, 0.25) is 0 Å². The Labute approximate surface area is 339 Å². The molecule has 7 nitrogen and oxygen atoms in total. The number of halogens is 1. The van der Waals surface area contributed by atoms with Crippen molar-refractivity contribution in [1.29, 1.82) is 0 Å². The predicted molar refractivity (Wildman–Crippen MR) is 216 cm³/mol. The molecule has 0 saturated carbocycles. The van der Waals surface area contributed by atoms with Crippen LogP contribution in [0.15, 0.2) is 0 Å². The van der Waals surface area contributed by atoms with E-state index in [1.165, 1.54) is 186 Å². The summed E-state index contributed by atoms with van der Waals surface area (Å²) >= 11 is 0. The number of unbranched alkanes of at least 4 members (excludes halogenated alkanes) is 8. The van der Waals surface area contributed by atoms with E-state index in [0.717, 1.165) is 18.6 Å². The quantitative estimate of drug-likeness (QED) is 0.117. The molecule has 8 heteroatoms. The normalized spacial score (nSPS) is 25.1. The van der Waals surface area contributed by atoms with E-state index in [2.05, 4.69) is 66.7 Å². The Balaban J connectivity index is 0.00000605. The summed E-state index contributed by atoms with van der Waals surface area (Å²) in [6.07, 6.45) is 25.6. The maximum atomic E-state index is 15.9. The average Bonchev–Trinajstić information content (AvgIpc) is 3.13. The Morgan fingerprint density at radius 3 is 1.10 bits per heavy atom. The van der Waals surface area contributed by atoms with Crippen molar-refractivity contribution in [3.05, 3.63) is 0 Å². The van der Waals surface area contributed by atoms with Crippen molar-refractivity contribution < 1.29 is 33.3 Å². The van der Waals surface area contributed by atoms with Gasteiger partial charge < -0.3 is 53.0 Å². The number of Topliss-reactive ketones (excluding diaryl/α,β-unsaturated/α-hetero) is 1. The molecule has 5 fully saturated rings. The van der Waals surface area contributed by atoms with Crippen LogP contribution in [0.5, 0.6) is 0 Å². The molecule has 0 amide bonds. The molecule has 0 spiro atoms. The van der Waals surface area contributed by atoms with Gasteiger partial charge in [-0.15, -0.1) is 0 Å². The Hall–Kier alpha value is 0.160. The fraction of sp³-hybridized carbons (Fsp3) is 0.977. The first-order chi connectivity index (χ1) is 24.7. The summed E-state index contributed by atoms with van der Waals surface area (Å²) in [6, 6.07) is 2.07. The molecule has 1 unspecified atom stereocenters. The fourth-order valence-corrected chi connectivity index (χ4v) is 12.1. The molecule has 5 aliphatic heterocycles. The Kier molecular flexibility index (Phi) is 19.7. The highest BCUT2D eigenvalue weighted by Gasteiger charge is 2.61. The van der Waals surface area contributed by atoms with Crippen molar-refractivity contribution in [2.24, 2.45) is 17.8 Å². The molecule has 1 atom stereocenters. The van der Waals surface area contributed by atoms with Crippen molar-refractivity contribution in [3.8, 4) is 0 Å². The van der Waals surface area contributed by atoms with Gasteiger partial charge >= 0.3 is 0 Å². The van der Waals surface area contributed by atoms with E-state index in [1.807, 2.05) is 0 Å². The van der Waals surface area contributed by atoms with E-state index in [1.54, 1.807) is 0 Å². The zero-order valence-corrected chi connectivity index (χ0v) is 37.4. The Bertz CT molecular complexity index is 898. The van der Waals surface area contributed by atoms with Crippen molar-refractivity contribution in [3.63, 3.8) is 0 Å². The lowest BCUT2D eigenvalue weighted by molar-refractivity contribution is -1.01. The summed E-state index contributed by atoms with van der Waals surface area (Å²) in [4.78, 5) is 28.8. The molecular formula is C44H85IN6O. The minimum absolute atomic E-state index is 0. The van der Waals surface area contributed by atoms with Crippen molar-refractivity contribution >= 4 is 5.78 Å². The van der Waals surface area contributed by atoms with Gasteiger partial charge in [-0.3, -0.25) is 4.79 Å². The molecule has 0 aliphatic carbocycles. The SMILES string of the molecule is CCCCCCCCCCCC(=O)C(C(C1CCN(C)CC1)C1CCN(C)CC1)[N+](C1CCN(C)CC1)(C1CCN(C)CC1)C1CCN(C)CC1.[I-]. The third-order valence-corrected chi connectivity index (χ3v) is 15.3. The molecule has 0 aromatic rings. The maximum absolute atomic E-state index is 15.9. The number of quaternary nitrogens is 1. The summed E-state index contributed by atoms with van der Waals surface area (Å²) in [5, 5.41) is 0. The van der Waals surface area contributed by atoms with Gasteiger partial charge in [0.15, 0.2) is 11.8 Å². The molecule has 5 rings (SSSR count). The van der Waals surface area contributed by atoms with Crippen molar-refractivity contribution in [1.82, 2.24) is 24.5 Å². The Morgan fingerprint density at radius 2 is 0.769 bits per heavy atom. The van der Waals surface area contributed by atoms with Crippen LogP contribution < -0.4 is 24.0 Å². The maximum Gasteiger partial charge on any atom is 0.190 e. The van der Waals surface area contributed by atoms with Crippen LogP contribution >= 0.6 is 0 Å². The molecule has 52 heavy (non-hydrogen) atoms. The van der Waals surface area contributed by atoms with Crippen LogP contribution in [0.25, 0.3) is 0 Å². The van der Waals surface area contributed by atoms with E-state index >= 15 is 4.79 Å². The summed E-state index contributed by atoms with van der Waals surface area (Å²) < 4.78 is 1.20. The lowest BCUT2D eigenvalue weighted by Crippen LogP contribution is -3.00. The number of nitrogens with zero attached hydrogens (tertiary/aromatic N) is 6. The number of piperidine rings is 5. The first-order valence-corrected chi connectivity index (χ1v) is 22.6. The monoisotopic (exact) mass is 841 g/mol. The highest BCUT2D eigenvalue weighted by atomic mass is 127. The van der Waals surface area contributed by atoms with E-state index in [-0.39, 0.29) is 30.0 Å². The van der Waals surface area contributed by atoms with Crippen molar-refractivity contribution in [2.45, 2.75) is 160 Å². The molecule has 0 aromatic heterocycles. The topological polar surface area (TPSA) is 33.3 Å². The second-order valence-corrected chi connectivity index (χ2v) is 18.8. The number of hydrogen-bond donors (Lipinski definition) is 0. The first-order valence-electron chi connectivity index (χ1n) is 22.6. The summed E-state index contributed by atoms with van der Waals surface area (Å²) in [5.74, 6) is 2.64. The molecule has 5 saturated heterocycles. The number of rotatable bonds is 18. The fourth-order valence-electron chi connectivity index (χ4n) is 12.1. The molecule has 0 radical (unpaired) electrons. The lowest BCUT2D eigenvalue weighted by atomic mass is 9.65. The molecule has 0 bridgehead atoms. The zero-order chi connectivity index (χ0) is 36.2. The molecule has 0 aromatic carbocycles. The lowest BCUT2D eigenvalue weighted by Gasteiger charge is -2.64. The standard InChI is InChI=1S/C44H85N6O.HI/c1-7-8-9-10-11-12-13-14-15-16-42(51)44(43(37-17-27-45(2)28-18-37)38-19-29-46(3)30-20-38)50(39-21-31-47(4)32-22-39,40-23-33-48(5)34-24-40)41-25-35-49(6)36-26-41;/h37-41,43-44H,7-36H2,1-6H3;1H/q+1;/p-1.